The summed E-state index contributed by atoms with van der Waals surface area (Å²) in [5.41, 5.74) is 2.45. The molecule has 2 rings (SSSR count). The van der Waals surface area contributed by atoms with Crippen LogP contribution in [-0.4, -0.2) is 12.0 Å². The number of halogens is 3. The minimum Gasteiger partial charge on any atom is -0.313 e. The Bertz CT molecular complexity index is 531. The highest BCUT2D eigenvalue weighted by atomic mass is 79.9. The lowest BCUT2D eigenvalue weighted by molar-refractivity contribution is 0.495. The van der Waals surface area contributed by atoms with E-state index in [0.29, 0.717) is 12.0 Å². The molecule has 0 aliphatic heterocycles. The predicted octanol–water partition coefficient (Wildman–Crippen LogP) is 3.69. The molecule has 1 N–H and O–H groups in total. The summed E-state index contributed by atoms with van der Waals surface area (Å²) >= 11 is 4.65. The third kappa shape index (κ3) is 2.76. The predicted molar refractivity (Wildman–Crippen MR) is 71.7 cm³/mol. The smallest absolute Gasteiger partial charge is 0.173 e. The lowest BCUT2D eigenvalue weighted by Crippen LogP contribution is -2.19. The number of hydrogen-bond donors (Lipinski definition) is 1. The van der Waals surface area contributed by atoms with Crippen LogP contribution >= 0.6 is 27.3 Å². The lowest BCUT2D eigenvalue weighted by Gasteiger charge is -2.17. The number of thiazole rings is 1. The number of nitrogens with zero attached hydrogens (tertiary/aromatic N) is 1. The molecule has 2 aromatic rings. The largest absolute Gasteiger partial charge is 0.313 e. The molecular weight excluding hydrogens is 322 g/mol. The summed E-state index contributed by atoms with van der Waals surface area (Å²) in [6.07, 6.45) is 2.47. The third-order valence-corrected chi connectivity index (χ3v) is 4.29. The molecule has 1 atom stereocenters. The summed E-state index contributed by atoms with van der Waals surface area (Å²) in [5.74, 6) is -1.70. The minimum atomic E-state index is -0.850. The Labute approximate surface area is 116 Å². The van der Waals surface area contributed by atoms with Crippen molar-refractivity contribution in [2.24, 2.45) is 0 Å². The fraction of sp³-hybridized carbons (Fsp3) is 0.250. The highest BCUT2D eigenvalue weighted by Gasteiger charge is 2.18. The van der Waals surface area contributed by atoms with Crippen LogP contribution in [0.5, 0.6) is 0 Å². The van der Waals surface area contributed by atoms with E-state index in [1.807, 2.05) is 0 Å². The molecule has 1 heterocycles. The van der Waals surface area contributed by atoms with Crippen LogP contribution in [0.1, 0.15) is 16.5 Å². The summed E-state index contributed by atoms with van der Waals surface area (Å²) in [4.78, 5) is 5.09. The Morgan fingerprint density at radius 1 is 1.44 bits per heavy atom. The quantitative estimate of drug-likeness (QED) is 0.864. The van der Waals surface area contributed by atoms with Crippen molar-refractivity contribution in [1.82, 2.24) is 10.3 Å². The minimum absolute atomic E-state index is 0.0880. The van der Waals surface area contributed by atoms with E-state index in [9.17, 15) is 8.78 Å². The van der Waals surface area contributed by atoms with Gasteiger partial charge in [-0.15, -0.1) is 11.3 Å². The molecule has 0 bridgehead atoms. The molecule has 0 fully saturated rings. The zero-order valence-corrected chi connectivity index (χ0v) is 12.0. The van der Waals surface area contributed by atoms with E-state index >= 15 is 0 Å². The monoisotopic (exact) mass is 332 g/mol. The lowest BCUT2D eigenvalue weighted by atomic mass is 10.0. The zero-order valence-electron chi connectivity index (χ0n) is 9.58. The molecule has 0 amide bonds. The van der Waals surface area contributed by atoms with Crippen LogP contribution < -0.4 is 5.32 Å². The first-order chi connectivity index (χ1) is 8.63. The van der Waals surface area contributed by atoms with Crippen LogP contribution in [0.2, 0.25) is 0 Å². The molecule has 2 nitrogen and oxygen atoms in total. The van der Waals surface area contributed by atoms with Crippen molar-refractivity contribution in [2.45, 2.75) is 12.5 Å². The molecule has 0 aliphatic carbocycles. The van der Waals surface area contributed by atoms with Crippen molar-refractivity contribution in [1.29, 1.82) is 0 Å². The maximum Gasteiger partial charge on any atom is 0.173 e. The standard InChI is InChI=1S/C12H11BrF2N2S/c1-16-10(4-7-5-17-6-18-7)8-2-3-9(14)12(15)11(8)13/h2-3,5-6,10,16H,4H2,1H3. The number of nitrogens with one attached hydrogen (secondary N) is 1. The molecule has 18 heavy (non-hydrogen) atoms. The topological polar surface area (TPSA) is 24.9 Å². The number of hydrogen-bond acceptors (Lipinski definition) is 3. The van der Waals surface area contributed by atoms with Gasteiger partial charge in [-0.05, 0) is 34.6 Å². The molecule has 0 saturated carbocycles. The molecule has 96 valence electrons. The van der Waals surface area contributed by atoms with Gasteiger partial charge in [0.25, 0.3) is 0 Å². The molecule has 6 heteroatoms. The summed E-state index contributed by atoms with van der Waals surface area (Å²) < 4.78 is 26.8. The fourth-order valence-corrected chi connectivity index (χ4v) is 2.96. The number of benzene rings is 1. The first-order valence-corrected chi connectivity index (χ1v) is 6.98. The Morgan fingerprint density at radius 3 is 2.83 bits per heavy atom. The zero-order chi connectivity index (χ0) is 13.1. The Morgan fingerprint density at radius 2 is 2.22 bits per heavy atom. The molecular formula is C12H11BrF2N2S. The van der Waals surface area contributed by atoms with Crippen LogP contribution in [-0.2, 0) is 6.42 Å². The average molecular weight is 333 g/mol. The average Bonchev–Trinajstić information content (AvgIpc) is 2.87. The molecule has 0 saturated heterocycles. The Balaban J connectivity index is 2.30. The molecule has 1 aromatic heterocycles. The second-order valence-corrected chi connectivity index (χ2v) is 5.54. The van der Waals surface area contributed by atoms with Gasteiger partial charge in [0.05, 0.1) is 9.98 Å². The molecule has 0 spiro atoms. The summed E-state index contributed by atoms with van der Waals surface area (Å²) in [7, 11) is 1.79. The van der Waals surface area contributed by atoms with E-state index < -0.39 is 11.6 Å². The van der Waals surface area contributed by atoms with Gasteiger partial charge in [0.15, 0.2) is 11.6 Å². The molecule has 0 aliphatic rings. The van der Waals surface area contributed by atoms with Gasteiger partial charge >= 0.3 is 0 Å². The first-order valence-electron chi connectivity index (χ1n) is 5.31. The van der Waals surface area contributed by atoms with E-state index in [4.69, 9.17) is 0 Å². The number of aromatic nitrogens is 1. The van der Waals surface area contributed by atoms with E-state index in [1.54, 1.807) is 36.2 Å². The summed E-state index contributed by atoms with van der Waals surface area (Å²) in [6, 6.07) is 2.65. The van der Waals surface area contributed by atoms with Crippen LogP contribution in [0.25, 0.3) is 0 Å². The third-order valence-electron chi connectivity index (χ3n) is 2.68. The summed E-state index contributed by atoms with van der Waals surface area (Å²) in [6.45, 7) is 0. The second-order valence-electron chi connectivity index (χ2n) is 3.78. The second kappa shape index (κ2) is 5.86. The van der Waals surface area contributed by atoms with E-state index in [1.165, 1.54) is 0 Å². The highest BCUT2D eigenvalue weighted by Crippen LogP contribution is 2.30. The van der Waals surface area contributed by atoms with Crippen LogP contribution in [0.15, 0.2) is 28.3 Å². The normalized spacial score (nSPS) is 12.7. The number of likely N-dealkylation sites (N-methyl/N-ethyl adjacent to an activating group) is 1. The van der Waals surface area contributed by atoms with E-state index in [0.717, 1.165) is 10.9 Å². The Hall–Kier alpha value is -0.850. The molecule has 1 aromatic carbocycles. The van der Waals surface area contributed by atoms with Crippen LogP contribution in [0.4, 0.5) is 8.78 Å². The molecule has 1 unspecified atom stereocenters. The first kappa shape index (κ1) is 13.6. The Kier molecular flexibility index (Phi) is 4.42. The van der Waals surface area contributed by atoms with Crippen molar-refractivity contribution in [3.63, 3.8) is 0 Å². The van der Waals surface area contributed by atoms with Gasteiger partial charge in [-0.1, -0.05) is 6.07 Å². The SMILES string of the molecule is CNC(Cc1cncs1)c1ccc(F)c(F)c1Br. The fourth-order valence-electron chi connectivity index (χ4n) is 1.72. The van der Waals surface area contributed by atoms with Gasteiger partial charge in [-0.2, -0.15) is 0 Å². The van der Waals surface area contributed by atoms with Crippen LogP contribution in [0, 0.1) is 11.6 Å². The van der Waals surface area contributed by atoms with Crippen molar-refractivity contribution in [2.75, 3.05) is 7.05 Å². The van der Waals surface area contributed by atoms with E-state index in [-0.39, 0.29) is 10.5 Å². The van der Waals surface area contributed by atoms with Gasteiger partial charge in [-0.3, -0.25) is 4.98 Å². The summed E-state index contributed by atoms with van der Waals surface area (Å²) in [5, 5.41) is 3.10. The van der Waals surface area contributed by atoms with Gasteiger partial charge < -0.3 is 5.32 Å². The molecule has 0 radical (unpaired) electrons. The van der Waals surface area contributed by atoms with Gasteiger partial charge in [0.1, 0.15) is 0 Å². The number of rotatable bonds is 4. The highest BCUT2D eigenvalue weighted by molar-refractivity contribution is 9.10. The van der Waals surface area contributed by atoms with E-state index in [2.05, 4.69) is 26.2 Å². The van der Waals surface area contributed by atoms with Gasteiger partial charge in [0, 0.05) is 23.5 Å². The van der Waals surface area contributed by atoms with Gasteiger partial charge in [-0.25, -0.2) is 8.78 Å². The van der Waals surface area contributed by atoms with Crippen LogP contribution in [0.3, 0.4) is 0 Å². The van der Waals surface area contributed by atoms with Gasteiger partial charge in [0.2, 0.25) is 0 Å². The van der Waals surface area contributed by atoms with Crippen molar-refractivity contribution in [3.8, 4) is 0 Å². The van der Waals surface area contributed by atoms with Crippen molar-refractivity contribution >= 4 is 27.3 Å². The maximum atomic E-state index is 13.5. The van der Waals surface area contributed by atoms with Crippen molar-refractivity contribution < 1.29 is 8.78 Å². The van der Waals surface area contributed by atoms with Crippen molar-refractivity contribution in [3.05, 3.63) is 50.4 Å². The maximum absolute atomic E-state index is 13.5.